The molecular formula is C31H34BrN5O2. The normalized spacial score (nSPS) is 23.8. The van der Waals surface area contributed by atoms with E-state index in [4.69, 9.17) is 0 Å². The van der Waals surface area contributed by atoms with Crippen molar-refractivity contribution >= 4 is 39.1 Å². The molecular weight excluding hydrogens is 554 g/mol. The standard InChI is InChI=1S/C31H34BrN5O2/c1-33-27(28(32)29(38)37(33)26-15-9-4-10-16-26)22-34-19-17-31(18-20-34)30(39)35(21-24-11-5-2-6-12-24)23-36(31)25-13-7-3-8-14-25/h2-16,27-28H,17-23H2,1H3. The van der Waals surface area contributed by atoms with Gasteiger partial charge in [-0.3, -0.25) is 9.59 Å². The van der Waals surface area contributed by atoms with Crippen molar-refractivity contribution in [2.45, 2.75) is 35.8 Å². The number of rotatable bonds is 6. The van der Waals surface area contributed by atoms with Crippen LogP contribution in [0.2, 0.25) is 0 Å². The van der Waals surface area contributed by atoms with Crippen LogP contribution in [-0.2, 0) is 16.1 Å². The largest absolute Gasteiger partial charge is 0.339 e. The van der Waals surface area contributed by atoms with Gasteiger partial charge in [0.05, 0.1) is 18.4 Å². The second-order valence-electron chi connectivity index (χ2n) is 10.8. The summed E-state index contributed by atoms with van der Waals surface area (Å²) in [7, 11) is 1.99. The quantitative estimate of drug-likeness (QED) is 0.401. The Bertz CT molecular complexity index is 1300. The number of anilines is 2. The lowest BCUT2D eigenvalue weighted by atomic mass is 9.85. The Morgan fingerprint density at radius 3 is 2.00 bits per heavy atom. The molecule has 3 saturated heterocycles. The van der Waals surface area contributed by atoms with Crippen molar-refractivity contribution in [2.24, 2.45) is 0 Å². The highest BCUT2D eigenvalue weighted by atomic mass is 79.9. The van der Waals surface area contributed by atoms with Gasteiger partial charge in [-0.1, -0.05) is 82.7 Å². The summed E-state index contributed by atoms with van der Waals surface area (Å²) >= 11 is 3.70. The number of hydrogen-bond acceptors (Lipinski definition) is 5. The van der Waals surface area contributed by atoms with Gasteiger partial charge in [-0.15, -0.1) is 0 Å². The lowest BCUT2D eigenvalue weighted by molar-refractivity contribution is -0.134. The lowest BCUT2D eigenvalue weighted by Gasteiger charge is -2.44. The molecule has 3 heterocycles. The molecule has 0 aliphatic carbocycles. The van der Waals surface area contributed by atoms with Gasteiger partial charge in [0, 0.05) is 38.9 Å². The summed E-state index contributed by atoms with van der Waals surface area (Å²) < 4.78 is 0. The van der Waals surface area contributed by atoms with Crippen LogP contribution in [0, 0.1) is 0 Å². The molecule has 6 rings (SSSR count). The molecule has 202 valence electrons. The predicted octanol–water partition coefficient (Wildman–Crippen LogP) is 4.35. The number of carbonyl (C=O) groups is 2. The highest BCUT2D eigenvalue weighted by Crippen LogP contribution is 2.40. The highest BCUT2D eigenvalue weighted by Gasteiger charge is 2.54. The first-order chi connectivity index (χ1) is 19.0. The maximum Gasteiger partial charge on any atom is 0.257 e. The number of para-hydroxylation sites is 2. The fourth-order valence-corrected chi connectivity index (χ4v) is 7.06. The fourth-order valence-electron chi connectivity index (χ4n) is 6.36. The van der Waals surface area contributed by atoms with Crippen LogP contribution in [0.4, 0.5) is 11.4 Å². The summed E-state index contributed by atoms with van der Waals surface area (Å²) in [6.07, 6.45) is 1.51. The number of likely N-dealkylation sites (N-methyl/N-ethyl adjacent to an activating group) is 1. The maximum atomic E-state index is 14.1. The smallest absolute Gasteiger partial charge is 0.257 e. The zero-order chi connectivity index (χ0) is 27.0. The minimum atomic E-state index is -0.548. The average molecular weight is 589 g/mol. The fraction of sp³-hybridized carbons (Fsp3) is 0.355. The molecule has 39 heavy (non-hydrogen) atoms. The van der Waals surface area contributed by atoms with Gasteiger partial charge in [0.1, 0.15) is 10.4 Å². The SMILES string of the molecule is CN1C(CN2CCC3(CC2)C(=O)N(Cc2ccccc2)CN3c2ccccc2)C(Br)C(=O)N1c1ccccc1. The van der Waals surface area contributed by atoms with E-state index >= 15 is 0 Å². The van der Waals surface area contributed by atoms with E-state index in [1.54, 1.807) is 5.01 Å². The summed E-state index contributed by atoms with van der Waals surface area (Å²) in [5.41, 5.74) is 2.57. The Kier molecular flexibility index (Phi) is 7.18. The minimum absolute atomic E-state index is 0.00541. The molecule has 2 atom stereocenters. The molecule has 0 radical (unpaired) electrons. The van der Waals surface area contributed by atoms with Crippen molar-refractivity contribution < 1.29 is 9.59 Å². The summed E-state index contributed by atoms with van der Waals surface area (Å²) in [5.74, 6) is 0.275. The van der Waals surface area contributed by atoms with E-state index in [-0.39, 0.29) is 22.7 Å². The zero-order valence-corrected chi connectivity index (χ0v) is 23.8. The highest BCUT2D eigenvalue weighted by molar-refractivity contribution is 9.10. The number of benzene rings is 3. The van der Waals surface area contributed by atoms with E-state index in [0.29, 0.717) is 13.2 Å². The first-order valence-electron chi connectivity index (χ1n) is 13.6. The third kappa shape index (κ3) is 4.75. The monoisotopic (exact) mass is 587 g/mol. The second kappa shape index (κ2) is 10.8. The van der Waals surface area contributed by atoms with Crippen molar-refractivity contribution in [1.82, 2.24) is 14.8 Å². The molecule has 3 fully saturated rings. The van der Waals surface area contributed by atoms with Crippen LogP contribution in [0.25, 0.3) is 0 Å². The number of piperidine rings is 1. The maximum absolute atomic E-state index is 14.1. The van der Waals surface area contributed by atoms with Gasteiger partial charge in [-0.05, 0) is 42.7 Å². The number of halogens is 1. The van der Waals surface area contributed by atoms with Gasteiger partial charge < -0.3 is 14.7 Å². The van der Waals surface area contributed by atoms with E-state index in [1.807, 2.05) is 78.7 Å². The number of carbonyl (C=O) groups excluding carboxylic acids is 2. The molecule has 0 N–H and O–H groups in total. The van der Waals surface area contributed by atoms with E-state index in [9.17, 15) is 9.59 Å². The zero-order valence-electron chi connectivity index (χ0n) is 22.2. The van der Waals surface area contributed by atoms with Crippen LogP contribution in [0.15, 0.2) is 91.0 Å². The summed E-state index contributed by atoms with van der Waals surface area (Å²) in [4.78, 5) is 33.7. The van der Waals surface area contributed by atoms with Crippen molar-refractivity contribution in [3.05, 3.63) is 96.6 Å². The topological polar surface area (TPSA) is 50.3 Å². The summed E-state index contributed by atoms with van der Waals surface area (Å²) in [6.45, 7) is 3.57. The number of nitrogens with zero attached hydrogens (tertiary/aromatic N) is 5. The third-order valence-corrected chi connectivity index (χ3v) is 9.51. The lowest BCUT2D eigenvalue weighted by Crippen LogP contribution is -2.58. The number of alkyl halides is 1. The Morgan fingerprint density at radius 1 is 0.821 bits per heavy atom. The number of likely N-dealkylation sites (tertiary alicyclic amines) is 1. The Hall–Kier alpha value is -3.20. The van der Waals surface area contributed by atoms with Crippen molar-refractivity contribution in [3.8, 4) is 0 Å². The van der Waals surface area contributed by atoms with Gasteiger partial charge in [-0.25, -0.2) is 10.0 Å². The van der Waals surface area contributed by atoms with E-state index < -0.39 is 5.54 Å². The number of hydrazine groups is 1. The Morgan fingerprint density at radius 2 is 1.38 bits per heavy atom. The van der Waals surface area contributed by atoms with Crippen molar-refractivity contribution in [1.29, 1.82) is 0 Å². The Balaban J connectivity index is 1.18. The second-order valence-corrected chi connectivity index (χ2v) is 11.7. The minimum Gasteiger partial charge on any atom is -0.339 e. The van der Waals surface area contributed by atoms with Gasteiger partial charge >= 0.3 is 0 Å². The van der Waals surface area contributed by atoms with Crippen molar-refractivity contribution in [3.63, 3.8) is 0 Å². The van der Waals surface area contributed by atoms with Gasteiger partial charge in [0.15, 0.2) is 0 Å². The van der Waals surface area contributed by atoms with Crippen LogP contribution in [0.3, 0.4) is 0 Å². The molecule has 8 heteroatoms. The average Bonchev–Trinajstić information content (AvgIpc) is 3.35. The number of hydrogen-bond donors (Lipinski definition) is 0. The van der Waals surface area contributed by atoms with Gasteiger partial charge in [0.2, 0.25) is 5.91 Å². The molecule has 2 amide bonds. The van der Waals surface area contributed by atoms with E-state index in [2.05, 4.69) is 55.0 Å². The van der Waals surface area contributed by atoms with Gasteiger partial charge in [-0.2, -0.15) is 0 Å². The molecule has 3 aliphatic rings. The summed E-state index contributed by atoms with van der Waals surface area (Å²) in [5, 5.41) is 3.83. The van der Waals surface area contributed by atoms with E-state index in [0.717, 1.165) is 49.4 Å². The van der Waals surface area contributed by atoms with Crippen molar-refractivity contribution in [2.75, 3.05) is 43.3 Å². The molecule has 0 bridgehead atoms. The Labute approximate surface area is 238 Å². The molecule has 3 aromatic rings. The van der Waals surface area contributed by atoms with Crippen LogP contribution < -0.4 is 9.91 Å². The van der Waals surface area contributed by atoms with Crippen LogP contribution >= 0.6 is 15.9 Å². The van der Waals surface area contributed by atoms with Crippen LogP contribution in [-0.4, -0.2) is 76.4 Å². The van der Waals surface area contributed by atoms with E-state index in [1.165, 1.54) is 0 Å². The molecule has 2 unspecified atom stereocenters. The van der Waals surface area contributed by atoms with Gasteiger partial charge in [0.25, 0.3) is 5.91 Å². The third-order valence-electron chi connectivity index (χ3n) is 8.51. The summed E-state index contributed by atoms with van der Waals surface area (Å²) in [6, 6.07) is 30.4. The molecule has 1 spiro atoms. The molecule has 7 nitrogen and oxygen atoms in total. The van der Waals surface area contributed by atoms with Crippen LogP contribution in [0.1, 0.15) is 18.4 Å². The molecule has 0 aromatic heterocycles. The predicted molar refractivity (Wildman–Crippen MR) is 157 cm³/mol. The molecule has 3 aliphatic heterocycles. The molecule has 0 saturated carbocycles. The number of amides is 2. The first kappa shape index (κ1) is 26.0. The van der Waals surface area contributed by atoms with Crippen LogP contribution in [0.5, 0.6) is 0 Å². The molecule has 3 aromatic carbocycles. The first-order valence-corrected chi connectivity index (χ1v) is 14.5.